The maximum absolute atomic E-state index is 13.0. The lowest BCUT2D eigenvalue weighted by Crippen LogP contribution is -2.46. The minimum Gasteiger partial charge on any atom is -0.367 e. The summed E-state index contributed by atoms with van der Waals surface area (Å²) in [5.74, 6) is 0.962. The number of rotatable bonds is 5. The second kappa shape index (κ2) is 7.31. The largest absolute Gasteiger partial charge is 0.367 e. The Balaban J connectivity index is 1.45. The summed E-state index contributed by atoms with van der Waals surface area (Å²) in [6, 6.07) is 3.46. The van der Waals surface area contributed by atoms with Crippen molar-refractivity contribution in [3.8, 4) is 0 Å². The van der Waals surface area contributed by atoms with E-state index in [1.807, 2.05) is 6.08 Å². The summed E-state index contributed by atoms with van der Waals surface area (Å²) in [5, 5.41) is 6.22. The lowest BCUT2D eigenvalue weighted by atomic mass is 9.65. The quantitative estimate of drug-likeness (QED) is 0.708. The lowest BCUT2D eigenvalue weighted by Gasteiger charge is -2.44. The summed E-state index contributed by atoms with van der Waals surface area (Å²) in [7, 11) is -3.74. The highest BCUT2D eigenvalue weighted by Crippen LogP contribution is 2.47. The molecule has 0 atom stereocenters. The summed E-state index contributed by atoms with van der Waals surface area (Å²) in [5.41, 5.74) is 0.0472. The molecule has 3 aliphatic rings. The number of carbonyl (C=O) groups is 1. The second-order valence-electron chi connectivity index (χ2n) is 8.16. The van der Waals surface area contributed by atoms with Crippen LogP contribution < -0.4 is 10.6 Å². The van der Waals surface area contributed by atoms with E-state index in [0.29, 0.717) is 31.2 Å². The second-order valence-corrected chi connectivity index (χ2v) is 10.4. The van der Waals surface area contributed by atoms with Crippen LogP contribution >= 0.6 is 11.6 Å². The van der Waals surface area contributed by atoms with Gasteiger partial charge in [0.15, 0.2) is 5.03 Å². The molecule has 2 N–H and O–H groups in total. The number of nitrogens with zero attached hydrogens (tertiary/aromatic N) is 2. The molecule has 0 aromatic carbocycles. The van der Waals surface area contributed by atoms with Crippen molar-refractivity contribution in [1.29, 1.82) is 0 Å². The molecule has 0 bridgehead atoms. The lowest BCUT2D eigenvalue weighted by molar-refractivity contribution is -0.120. The molecule has 0 unspecified atom stereocenters. The van der Waals surface area contributed by atoms with Gasteiger partial charge in [0.1, 0.15) is 5.82 Å². The predicted octanol–water partition coefficient (Wildman–Crippen LogP) is 2.40. The first kappa shape index (κ1) is 19.7. The molecular formula is C19H25ClN4O3S. The van der Waals surface area contributed by atoms with Crippen LogP contribution in [0.2, 0.25) is 5.02 Å². The van der Waals surface area contributed by atoms with Crippen molar-refractivity contribution in [3.63, 3.8) is 0 Å². The van der Waals surface area contributed by atoms with Crippen LogP contribution in [-0.2, 0) is 14.8 Å². The van der Waals surface area contributed by atoms with E-state index < -0.39 is 10.0 Å². The van der Waals surface area contributed by atoms with Crippen LogP contribution in [0.4, 0.5) is 5.82 Å². The first-order valence-corrected chi connectivity index (χ1v) is 11.5. The van der Waals surface area contributed by atoms with Crippen LogP contribution in [0.1, 0.15) is 32.1 Å². The van der Waals surface area contributed by atoms with Gasteiger partial charge in [0, 0.05) is 37.5 Å². The minimum absolute atomic E-state index is 0.0472. The number of anilines is 1. The number of allylic oxidation sites excluding steroid dienone is 1. The third kappa shape index (κ3) is 3.65. The third-order valence-electron chi connectivity index (χ3n) is 6.14. The van der Waals surface area contributed by atoms with E-state index in [0.717, 1.165) is 32.2 Å². The number of carbonyl (C=O) groups excluding carboxylic acids is 1. The zero-order valence-electron chi connectivity index (χ0n) is 15.7. The summed E-state index contributed by atoms with van der Waals surface area (Å²) in [6.07, 6.45) is 5.71. The SMILES string of the molecule is C=CC1CCN(S(=O)(=O)c2nc(NC3CC4(CNC(=O)C4)C3)ccc2Cl)CC1. The molecule has 4 rings (SSSR count). The van der Waals surface area contributed by atoms with Gasteiger partial charge in [-0.25, -0.2) is 13.4 Å². The Morgan fingerprint density at radius 3 is 2.64 bits per heavy atom. The molecule has 0 radical (unpaired) electrons. The molecule has 1 saturated carbocycles. The van der Waals surface area contributed by atoms with Gasteiger partial charge in [-0.3, -0.25) is 4.79 Å². The van der Waals surface area contributed by atoms with Crippen LogP contribution in [0.3, 0.4) is 0 Å². The molecule has 1 amide bonds. The molecule has 1 spiro atoms. The van der Waals surface area contributed by atoms with Crippen molar-refractivity contribution in [2.24, 2.45) is 11.3 Å². The van der Waals surface area contributed by atoms with E-state index >= 15 is 0 Å². The number of hydrogen-bond donors (Lipinski definition) is 2. The molecule has 152 valence electrons. The van der Waals surface area contributed by atoms with E-state index in [-0.39, 0.29) is 27.4 Å². The van der Waals surface area contributed by atoms with Gasteiger partial charge in [0.05, 0.1) is 5.02 Å². The Bertz CT molecular complexity index is 890. The van der Waals surface area contributed by atoms with Gasteiger partial charge in [-0.2, -0.15) is 4.31 Å². The maximum atomic E-state index is 13.0. The molecular weight excluding hydrogens is 400 g/mol. The molecule has 2 saturated heterocycles. The minimum atomic E-state index is -3.74. The highest BCUT2D eigenvalue weighted by Gasteiger charge is 2.49. The van der Waals surface area contributed by atoms with E-state index in [9.17, 15) is 13.2 Å². The third-order valence-corrected chi connectivity index (χ3v) is 8.40. The van der Waals surface area contributed by atoms with Crippen molar-refractivity contribution in [2.75, 3.05) is 25.0 Å². The first-order chi connectivity index (χ1) is 13.3. The van der Waals surface area contributed by atoms with Crippen LogP contribution in [0.15, 0.2) is 29.8 Å². The number of aromatic nitrogens is 1. The zero-order chi connectivity index (χ0) is 19.9. The Labute approximate surface area is 170 Å². The van der Waals surface area contributed by atoms with Crippen molar-refractivity contribution in [3.05, 3.63) is 29.8 Å². The van der Waals surface area contributed by atoms with Gasteiger partial charge in [0.2, 0.25) is 5.91 Å². The van der Waals surface area contributed by atoms with E-state index in [2.05, 4.69) is 22.2 Å². The maximum Gasteiger partial charge on any atom is 0.262 e. The van der Waals surface area contributed by atoms with Crippen molar-refractivity contribution < 1.29 is 13.2 Å². The topological polar surface area (TPSA) is 91.4 Å². The van der Waals surface area contributed by atoms with E-state index in [1.54, 1.807) is 12.1 Å². The van der Waals surface area contributed by atoms with Crippen LogP contribution in [0.5, 0.6) is 0 Å². The van der Waals surface area contributed by atoms with Crippen molar-refractivity contribution in [1.82, 2.24) is 14.6 Å². The average Bonchev–Trinajstić information content (AvgIpc) is 3.04. The molecule has 1 aromatic heterocycles. The molecule has 7 nitrogen and oxygen atoms in total. The van der Waals surface area contributed by atoms with Crippen LogP contribution in [-0.4, -0.2) is 49.3 Å². The number of piperidine rings is 1. The number of hydrogen-bond acceptors (Lipinski definition) is 5. The molecule has 3 fully saturated rings. The molecule has 1 aromatic rings. The van der Waals surface area contributed by atoms with Crippen LogP contribution in [0.25, 0.3) is 0 Å². The fraction of sp³-hybridized carbons (Fsp3) is 0.579. The van der Waals surface area contributed by atoms with Gasteiger partial charge >= 0.3 is 0 Å². The van der Waals surface area contributed by atoms with Gasteiger partial charge in [-0.15, -0.1) is 6.58 Å². The fourth-order valence-corrected chi connectivity index (χ4v) is 6.36. The summed E-state index contributed by atoms with van der Waals surface area (Å²) < 4.78 is 27.5. The Morgan fingerprint density at radius 2 is 2.04 bits per heavy atom. The number of nitrogens with one attached hydrogen (secondary N) is 2. The standard InChI is InChI=1S/C19H25ClN4O3S/c1-2-13-5-7-24(8-6-13)28(26,27)18-15(20)3-4-16(23-18)22-14-9-19(10-14)11-17(25)21-12-19/h2-4,13-14H,1,5-12H2,(H,21,25)(H,22,23). The van der Waals surface area contributed by atoms with Crippen LogP contribution in [0, 0.1) is 11.3 Å². The van der Waals surface area contributed by atoms with Gasteiger partial charge in [-0.05, 0) is 43.7 Å². The van der Waals surface area contributed by atoms with Gasteiger partial charge in [0.25, 0.3) is 10.0 Å². The molecule has 3 heterocycles. The fourth-order valence-electron chi connectivity index (χ4n) is 4.50. The number of amides is 1. The van der Waals surface area contributed by atoms with Gasteiger partial charge < -0.3 is 10.6 Å². The smallest absolute Gasteiger partial charge is 0.262 e. The van der Waals surface area contributed by atoms with Crippen molar-refractivity contribution in [2.45, 2.75) is 43.2 Å². The monoisotopic (exact) mass is 424 g/mol. The van der Waals surface area contributed by atoms with E-state index in [1.165, 1.54) is 4.31 Å². The average molecular weight is 425 g/mol. The van der Waals surface area contributed by atoms with E-state index in [4.69, 9.17) is 11.6 Å². The number of pyridine rings is 1. The Morgan fingerprint density at radius 1 is 1.32 bits per heavy atom. The summed E-state index contributed by atoms with van der Waals surface area (Å²) in [6.45, 7) is 5.41. The Kier molecular flexibility index (Phi) is 5.14. The first-order valence-electron chi connectivity index (χ1n) is 9.64. The van der Waals surface area contributed by atoms with Gasteiger partial charge in [-0.1, -0.05) is 17.7 Å². The van der Waals surface area contributed by atoms with Crippen molar-refractivity contribution >= 4 is 33.3 Å². The molecule has 9 heteroatoms. The summed E-state index contributed by atoms with van der Waals surface area (Å²) in [4.78, 5) is 15.8. The number of sulfonamides is 1. The highest BCUT2D eigenvalue weighted by molar-refractivity contribution is 7.89. The predicted molar refractivity (Wildman–Crippen MR) is 108 cm³/mol. The summed E-state index contributed by atoms with van der Waals surface area (Å²) >= 11 is 6.20. The Hall–Kier alpha value is -1.64. The number of halogens is 1. The normalized spacial score (nSPS) is 28.8. The molecule has 28 heavy (non-hydrogen) atoms. The molecule has 2 aliphatic heterocycles. The highest BCUT2D eigenvalue weighted by atomic mass is 35.5. The molecule has 1 aliphatic carbocycles. The zero-order valence-corrected chi connectivity index (χ0v) is 17.2.